The Morgan fingerprint density at radius 2 is 1.91 bits per heavy atom. The highest BCUT2D eigenvalue weighted by Gasteiger charge is 2.21. The molecule has 0 fully saturated rings. The molecule has 0 atom stereocenters. The molecule has 0 spiro atoms. The summed E-state index contributed by atoms with van der Waals surface area (Å²) in [7, 11) is 0. The van der Waals surface area contributed by atoms with Crippen LogP contribution in [-0.4, -0.2) is 10.9 Å². The molecule has 0 saturated heterocycles. The van der Waals surface area contributed by atoms with Crippen molar-refractivity contribution in [1.82, 2.24) is 4.98 Å². The fraction of sp³-hybridized carbons (Fsp3) is 0.222. The number of benzene rings is 2. The second-order valence-corrected chi connectivity index (χ2v) is 7.24. The third kappa shape index (κ3) is 3.29. The zero-order valence-electron chi connectivity index (χ0n) is 13.2. The monoisotopic (exact) mass is 372 g/mol. The lowest BCUT2D eigenvalue weighted by Gasteiger charge is -2.17. The summed E-state index contributed by atoms with van der Waals surface area (Å²) in [4.78, 5) is 16.6. The number of rotatable bonds is 2. The first-order chi connectivity index (χ1) is 10.8. The molecule has 4 nitrogen and oxygen atoms in total. The molecule has 0 aliphatic rings. The minimum absolute atomic E-state index is 0.0358. The van der Waals surface area contributed by atoms with E-state index < -0.39 is 5.41 Å². The van der Waals surface area contributed by atoms with Gasteiger partial charge in [0.25, 0.3) is 0 Å². The van der Waals surface area contributed by atoms with E-state index in [0.717, 1.165) is 10.0 Å². The van der Waals surface area contributed by atoms with Crippen molar-refractivity contribution in [1.29, 1.82) is 0 Å². The third-order valence-electron chi connectivity index (χ3n) is 3.43. The number of halogens is 1. The zero-order valence-corrected chi connectivity index (χ0v) is 14.8. The lowest BCUT2D eigenvalue weighted by atomic mass is 9.95. The lowest BCUT2D eigenvalue weighted by Crippen LogP contribution is -2.27. The summed E-state index contributed by atoms with van der Waals surface area (Å²) in [5, 5.41) is 2.90. The maximum atomic E-state index is 12.1. The van der Waals surface area contributed by atoms with E-state index in [1.807, 2.05) is 63.2 Å². The predicted octanol–water partition coefficient (Wildman–Crippen LogP) is 5.24. The van der Waals surface area contributed by atoms with Gasteiger partial charge in [-0.2, -0.15) is 0 Å². The first-order valence-electron chi connectivity index (χ1n) is 7.31. The Hall–Kier alpha value is -2.14. The summed E-state index contributed by atoms with van der Waals surface area (Å²) in [5.74, 6) is 0.512. The van der Waals surface area contributed by atoms with Crippen LogP contribution in [0.4, 0.5) is 5.69 Å². The van der Waals surface area contributed by atoms with Gasteiger partial charge in [0.1, 0.15) is 5.52 Å². The second kappa shape index (κ2) is 5.81. The van der Waals surface area contributed by atoms with Crippen LogP contribution < -0.4 is 5.32 Å². The predicted molar refractivity (Wildman–Crippen MR) is 95.2 cm³/mol. The minimum atomic E-state index is -0.446. The number of carbonyl (C=O) groups excluding carboxylic acids is 1. The Morgan fingerprint density at radius 3 is 2.61 bits per heavy atom. The van der Waals surface area contributed by atoms with Gasteiger partial charge in [0.15, 0.2) is 5.58 Å². The number of hydrogen-bond acceptors (Lipinski definition) is 3. The van der Waals surface area contributed by atoms with Gasteiger partial charge in [-0.25, -0.2) is 4.98 Å². The fourth-order valence-corrected chi connectivity index (χ4v) is 2.53. The van der Waals surface area contributed by atoms with Crippen LogP contribution >= 0.6 is 15.9 Å². The van der Waals surface area contributed by atoms with Gasteiger partial charge in [0.2, 0.25) is 11.8 Å². The molecule has 0 aliphatic heterocycles. The van der Waals surface area contributed by atoms with Gasteiger partial charge in [-0.1, -0.05) is 32.9 Å². The Balaban J connectivity index is 1.96. The van der Waals surface area contributed by atoms with E-state index in [1.165, 1.54) is 0 Å². The summed E-state index contributed by atoms with van der Waals surface area (Å²) in [6, 6.07) is 13.2. The molecule has 0 unspecified atom stereocenters. The van der Waals surface area contributed by atoms with E-state index in [1.54, 1.807) is 0 Å². The van der Waals surface area contributed by atoms with E-state index >= 15 is 0 Å². The molecule has 1 heterocycles. The molecule has 0 aliphatic carbocycles. The Morgan fingerprint density at radius 1 is 1.17 bits per heavy atom. The number of nitrogens with zero attached hydrogens (tertiary/aromatic N) is 1. The zero-order chi connectivity index (χ0) is 16.6. The number of fused-ring (bicyclic) bond motifs is 1. The largest absolute Gasteiger partial charge is 0.436 e. The highest BCUT2D eigenvalue weighted by molar-refractivity contribution is 9.10. The Kier molecular flexibility index (Phi) is 3.98. The van der Waals surface area contributed by atoms with Gasteiger partial charge in [0.05, 0.1) is 5.56 Å². The van der Waals surface area contributed by atoms with Crippen molar-refractivity contribution in [2.75, 3.05) is 5.32 Å². The third-order valence-corrected chi connectivity index (χ3v) is 4.12. The SMILES string of the molecule is CC(C)(C)C(=O)Nc1ccc2oc(-c3ccccc3Br)nc2c1. The van der Waals surface area contributed by atoms with Crippen molar-refractivity contribution in [3.63, 3.8) is 0 Å². The summed E-state index contributed by atoms with van der Waals surface area (Å²) in [6.45, 7) is 5.63. The molecule has 0 saturated carbocycles. The van der Waals surface area contributed by atoms with Gasteiger partial charge in [0, 0.05) is 15.6 Å². The molecule has 1 N–H and O–H groups in total. The van der Waals surface area contributed by atoms with Crippen molar-refractivity contribution < 1.29 is 9.21 Å². The van der Waals surface area contributed by atoms with Gasteiger partial charge in [-0.05, 0) is 46.3 Å². The van der Waals surface area contributed by atoms with Crippen molar-refractivity contribution in [3.05, 3.63) is 46.9 Å². The molecule has 5 heteroatoms. The van der Waals surface area contributed by atoms with Crippen LogP contribution in [0.25, 0.3) is 22.6 Å². The first-order valence-corrected chi connectivity index (χ1v) is 8.11. The van der Waals surface area contributed by atoms with Crippen LogP contribution in [0.3, 0.4) is 0 Å². The average Bonchev–Trinajstić information content (AvgIpc) is 2.89. The molecule has 0 bridgehead atoms. The average molecular weight is 373 g/mol. The number of carbonyl (C=O) groups is 1. The number of oxazole rings is 1. The molecule has 1 amide bonds. The number of hydrogen-bond donors (Lipinski definition) is 1. The summed E-state index contributed by atoms with van der Waals surface area (Å²) in [6.07, 6.45) is 0. The maximum absolute atomic E-state index is 12.1. The molecule has 0 radical (unpaired) electrons. The standard InChI is InChI=1S/C18H17BrN2O2/c1-18(2,3)17(22)20-11-8-9-15-14(10-11)21-16(23-15)12-6-4-5-7-13(12)19/h4-10H,1-3H3,(H,20,22). The quantitative estimate of drug-likeness (QED) is 0.668. The maximum Gasteiger partial charge on any atom is 0.229 e. The molecule has 23 heavy (non-hydrogen) atoms. The minimum Gasteiger partial charge on any atom is -0.436 e. The molecule has 1 aromatic heterocycles. The highest BCUT2D eigenvalue weighted by atomic mass is 79.9. The van der Waals surface area contributed by atoms with Crippen LogP contribution in [0.5, 0.6) is 0 Å². The number of nitrogens with one attached hydrogen (secondary N) is 1. The van der Waals surface area contributed by atoms with Gasteiger partial charge < -0.3 is 9.73 Å². The van der Waals surface area contributed by atoms with E-state index in [0.29, 0.717) is 22.7 Å². The van der Waals surface area contributed by atoms with Gasteiger partial charge >= 0.3 is 0 Å². The number of anilines is 1. The number of aromatic nitrogens is 1. The summed E-state index contributed by atoms with van der Waals surface area (Å²) >= 11 is 3.50. The van der Waals surface area contributed by atoms with Crippen LogP contribution in [0, 0.1) is 5.41 Å². The van der Waals surface area contributed by atoms with E-state index in [-0.39, 0.29) is 5.91 Å². The van der Waals surface area contributed by atoms with Crippen LogP contribution in [-0.2, 0) is 4.79 Å². The lowest BCUT2D eigenvalue weighted by molar-refractivity contribution is -0.123. The van der Waals surface area contributed by atoms with Crippen molar-refractivity contribution in [3.8, 4) is 11.5 Å². The molecular formula is C18H17BrN2O2. The Labute approximate surface area is 143 Å². The van der Waals surface area contributed by atoms with Crippen molar-refractivity contribution >= 4 is 38.6 Å². The molecule has 3 aromatic rings. The van der Waals surface area contributed by atoms with E-state index in [9.17, 15) is 4.79 Å². The fourth-order valence-electron chi connectivity index (χ4n) is 2.07. The number of amides is 1. The summed E-state index contributed by atoms with van der Waals surface area (Å²) in [5.41, 5.74) is 2.55. The molecular weight excluding hydrogens is 356 g/mol. The first kappa shape index (κ1) is 15.7. The van der Waals surface area contributed by atoms with Crippen molar-refractivity contribution in [2.24, 2.45) is 5.41 Å². The van der Waals surface area contributed by atoms with Gasteiger partial charge in [-0.3, -0.25) is 4.79 Å². The highest BCUT2D eigenvalue weighted by Crippen LogP contribution is 2.31. The Bertz CT molecular complexity index is 878. The summed E-state index contributed by atoms with van der Waals surface area (Å²) < 4.78 is 6.73. The molecule has 118 valence electrons. The van der Waals surface area contributed by atoms with Gasteiger partial charge in [-0.15, -0.1) is 0 Å². The normalized spacial score (nSPS) is 11.7. The van der Waals surface area contributed by atoms with Crippen LogP contribution in [0.1, 0.15) is 20.8 Å². The van der Waals surface area contributed by atoms with Crippen LogP contribution in [0.2, 0.25) is 0 Å². The van der Waals surface area contributed by atoms with Crippen LogP contribution in [0.15, 0.2) is 51.4 Å². The molecule has 3 rings (SSSR count). The molecule has 2 aromatic carbocycles. The van der Waals surface area contributed by atoms with E-state index in [4.69, 9.17) is 4.42 Å². The smallest absolute Gasteiger partial charge is 0.229 e. The topological polar surface area (TPSA) is 55.1 Å². The van der Waals surface area contributed by atoms with E-state index in [2.05, 4.69) is 26.2 Å². The van der Waals surface area contributed by atoms with Crippen molar-refractivity contribution in [2.45, 2.75) is 20.8 Å². The second-order valence-electron chi connectivity index (χ2n) is 6.39.